The van der Waals surface area contributed by atoms with Gasteiger partial charge in [-0.15, -0.1) is 11.3 Å². The molecule has 11 heteroatoms. The number of thiazole rings is 1. The Morgan fingerprint density at radius 3 is 2.61 bits per heavy atom. The first-order valence-corrected chi connectivity index (χ1v) is 11.2. The first-order valence-electron chi connectivity index (χ1n) is 10.3. The van der Waals surface area contributed by atoms with Gasteiger partial charge in [-0.3, -0.25) is 19.7 Å². The summed E-state index contributed by atoms with van der Waals surface area (Å²) in [6.07, 6.45) is 5.27. The third kappa shape index (κ3) is 4.35. The number of carbonyl (C=O) groups excluding carboxylic acids is 3. The minimum atomic E-state index is -0.741. The molecule has 1 aromatic carbocycles. The Morgan fingerprint density at radius 1 is 1.21 bits per heavy atom. The molecule has 1 fully saturated rings. The largest absolute Gasteiger partial charge is 0.364 e. The number of primary amides is 1. The Labute approximate surface area is 193 Å². The van der Waals surface area contributed by atoms with Crippen LogP contribution in [-0.2, 0) is 4.79 Å². The normalized spacial score (nSPS) is 15.8. The van der Waals surface area contributed by atoms with Crippen molar-refractivity contribution in [2.45, 2.75) is 25.3 Å². The molecule has 1 atom stereocenters. The van der Waals surface area contributed by atoms with Crippen LogP contribution in [0.3, 0.4) is 0 Å². The van der Waals surface area contributed by atoms with Crippen molar-refractivity contribution in [3.8, 4) is 11.3 Å². The molecule has 170 valence electrons. The fraction of sp³-hybridized carbons (Fsp3) is 0.227. The highest BCUT2D eigenvalue weighted by Gasteiger charge is 2.33. The van der Waals surface area contributed by atoms with Crippen LogP contribution in [0.4, 0.5) is 5.13 Å². The standard InChI is InChI=1S/C22H23N7O3S/c1-2-16(30)28-11-4-3-5-15(28)20-26-17(18(19(23)31)29(20)24)13-6-8-14(9-7-13)21(32)27-22-25-10-12-33-22/h2,6-10,12,15H,1,3-5,11,24H2,(H2,23,31)(H,25,27,32). The lowest BCUT2D eigenvalue weighted by Crippen LogP contribution is -2.39. The number of hydrogen-bond acceptors (Lipinski definition) is 7. The first-order chi connectivity index (χ1) is 15.9. The zero-order valence-electron chi connectivity index (χ0n) is 17.7. The van der Waals surface area contributed by atoms with Gasteiger partial charge in [0.15, 0.2) is 16.6 Å². The molecule has 3 amide bonds. The maximum Gasteiger partial charge on any atom is 0.269 e. The summed E-state index contributed by atoms with van der Waals surface area (Å²) in [5, 5.41) is 4.98. The highest BCUT2D eigenvalue weighted by Crippen LogP contribution is 2.33. The molecule has 0 bridgehead atoms. The van der Waals surface area contributed by atoms with Gasteiger partial charge in [-0.1, -0.05) is 18.7 Å². The zero-order chi connectivity index (χ0) is 23.5. The quantitative estimate of drug-likeness (QED) is 0.376. The van der Waals surface area contributed by atoms with E-state index in [9.17, 15) is 14.4 Å². The number of nitrogens with two attached hydrogens (primary N) is 2. The maximum atomic E-state index is 12.4. The van der Waals surface area contributed by atoms with Crippen LogP contribution in [0.25, 0.3) is 11.3 Å². The second kappa shape index (κ2) is 9.25. The van der Waals surface area contributed by atoms with Gasteiger partial charge in [-0.2, -0.15) is 0 Å². The molecule has 0 aliphatic carbocycles. The van der Waals surface area contributed by atoms with Gasteiger partial charge in [0.2, 0.25) is 5.91 Å². The summed E-state index contributed by atoms with van der Waals surface area (Å²) in [5.74, 6) is 5.35. The Hall–Kier alpha value is -3.99. The van der Waals surface area contributed by atoms with Crippen LogP contribution in [0.5, 0.6) is 0 Å². The molecule has 3 heterocycles. The average Bonchev–Trinajstić information content (AvgIpc) is 3.46. The highest BCUT2D eigenvalue weighted by molar-refractivity contribution is 7.13. The van der Waals surface area contributed by atoms with Gasteiger partial charge in [-0.25, -0.2) is 14.6 Å². The van der Waals surface area contributed by atoms with Gasteiger partial charge in [0.25, 0.3) is 11.8 Å². The van der Waals surface area contributed by atoms with Crippen LogP contribution in [-0.4, -0.2) is 43.8 Å². The Balaban J connectivity index is 1.68. The Bertz CT molecular complexity index is 1200. The van der Waals surface area contributed by atoms with E-state index >= 15 is 0 Å². The van der Waals surface area contributed by atoms with Crippen LogP contribution in [0.2, 0.25) is 0 Å². The topological polar surface area (TPSA) is 149 Å². The minimum absolute atomic E-state index is 0.0292. The third-order valence-corrected chi connectivity index (χ3v) is 6.19. The Kier molecular flexibility index (Phi) is 6.22. The number of nitrogens with zero attached hydrogens (tertiary/aromatic N) is 4. The van der Waals surface area contributed by atoms with E-state index in [1.54, 1.807) is 40.7 Å². The lowest BCUT2D eigenvalue weighted by molar-refractivity contribution is -0.129. The number of imidazole rings is 1. The summed E-state index contributed by atoms with van der Waals surface area (Å²) in [4.78, 5) is 47.4. The number of hydrogen-bond donors (Lipinski definition) is 3. The van der Waals surface area contributed by atoms with Crippen LogP contribution in [0.1, 0.15) is 52.0 Å². The van der Waals surface area contributed by atoms with Gasteiger partial charge in [0.1, 0.15) is 5.69 Å². The summed E-state index contributed by atoms with van der Waals surface area (Å²) in [5.41, 5.74) is 6.93. The van der Waals surface area contributed by atoms with Crippen molar-refractivity contribution in [1.82, 2.24) is 19.5 Å². The lowest BCUT2D eigenvalue weighted by atomic mass is 10.0. The van der Waals surface area contributed by atoms with Crippen molar-refractivity contribution in [2.75, 3.05) is 17.7 Å². The van der Waals surface area contributed by atoms with Crippen LogP contribution in [0.15, 0.2) is 48.5 Å². The van der Waals surface area contributed by atoms with Crippen molar-refractivity contribution in [3.05, 3.63) is 65.6 Å². The second-order valence-electron chi connectivity index (χ2n) is 7.52. The number of likely N-dealkylation sites (tertiary alicyclic amines) is 1. The van der Waals surface area contributed by atoms with E-state index in [-0.39, 0.29) is 17.5 Å². The highest BCUT2D eigenvalue weighted by atomic mass is 32.1. The molecule has 33 heavy (non-hydrogen) atoms. The maximum absolute atomic E-state index is 12.4. The number of amides is 3. The molecule has 1 saturated heterocycles. The smallest absolute Gasteiger partial charge is 0.269 e. The predicted molar refractivity (Wildman–Crippen MR) is 125 cm³/mol. The molecular weight excluding hydrogens is 442 g/mol. The average molecular weight is 466 g/mol. The third-order valence-electron chi connectivity index (χ3n) is 5.50. The van der Waals surface area contributed by atoms with Gasteiger partial charge >= 0.3 is 0 Å². The van der Waals surface area contributed by atoms with Crippen molar-refractivity contribution in [1.29, 1.82) is 0 Å². The van der Waals surface area contributed by atoms with E-state index in [4.69, 9.17) is 11.6 Å². The van der Waals surface area contributed by atoms with Crippen molar-refractivity contribution >= 4 is 34.2 Å². The van der Waals surface area contributed by atoms with Crippen molar-refractivity contribution in [3.63, 3.8) is 0 Å². The van der Waals surface area contributed by atoms with E-state index in [0.29, 0.717) is 40.7 Å². The first kappa shape index (κ1) is 22.2. The number of nitrogens with one attached hydrogen (secondary N) is 1. The fourth-order valence-corrected chi connectivity index (χ4v) is 4.46. The predicted octanol–water partition coefficient (Wildman–Crippen LogP) is 2.31. The van der Waals surface area contributed by atoms with E-state index in [1.807, 2.05) is 0 Å². The van der Waals surface area contributed by atoms with Gasteiger partial charge in [0.05, 0.1) is 6.04 Å². The van der Waals surface area contributed by atoms with Crippen LogP contribution in [0, 0.1) is 0 Å². The molecule has 1 aliphatic heterocycles. The van der Waals surface area contributed by atoms with E-state index < -0.39 is 11.9 Å². The monoisotopic (exact) mass is 465 g/mol. The number of benzene rings is 1. The molecule has 2 aromatic heterocycles. The summed E-state index contributed by atoms with van der Waals surface area (Å²) in [7, 11) is 0. The SMILES string of the molecule is C=CC(=O)N1CCCCC1c1nc(-c2ccc(C(=O)Nc3nccs3)cc2)c(C(N)=O)n1N. The molecule has 0 spiro atoms. The van der Waals surface area contributed by atoms with Crippen molar-refractivity contribution in [2.24, 2.45) is 5.73 Å². The van der Waals surface area contributed by atoms with E-state index in [0.717, 1.165) is 12.8 Å². The zero-order valence-corrected chi connectivity index (χ0v) is 18.5. The molecule has 0 radical (unpaired) electrons. The molecule has 4 rings (SSSR count). The summed E-state index contributed by atoms with van der Waals surface area (Å²) >= 11 is 1.32. The minimum Gasteiger partial charge on any atom is -0.364 e. The van der Waals surface area contributed by atoms with Crippen molar-refractivity contribution < 1.29 is 14.4 Å². The summed E-state index contributed by atoms with van der Waals surface area (Å²) < 4.78 is 1.17. The molecule has 0 saturated carbocycles. The molecule has 5 N–H and O–H groups in total. The lowest BCUT2D eigenvalue weighted by Gasteiger charge is -2.34. The molecule has 3 aromatic rings. The number of piperidine rings is 1. The van der Waals surface area contributed by atoms with Crippen LogP contribution >= 0.6 is 11.3 Å². The summed E-state index contributed by atoms with van der Waals surface area (Å²) in [6, 6.07) is 6.18. The Morgan fingerprint density at radius 2 is 1.97 bits per heavy atom. The number of rotatable bonds is 6. The molecular formula is C22H23N7O3S. The van der Waals surface area contributed by atoms with Gasteiger partial charge in [0, 0.05) is 29.2 Å². The second-order valence-corrected chi connectivity index (χ2v) is 8.41. The van der Waals surface area contributed by atoms with E-state index in [1.165, 1.54) is 22.1 Å². The van der Waals surface area contributed by atoms with Crippen LogP contribution < -0.4 is 16.9 Å². The number of anilines is 1. The molecule has 10 nitrogen and oxygen atoms in total. The number of aromatic nitrogens is 3. The van der Waals surface area contributed by atoms with Gasteiger partial charge in [-0.05, 0) is 37.5 Å². The molecule has 1 unspecified atom stereocenters. The summed E-state index contributed by atoms with van der Waals surface area (Å²) in [6.45, 7) is 4.12. The molecule has 1 aliphatic rings. The van der Waals surface area contributed by atoms with Gasteiger partial charge < -0.3 is 16.5 Å². The number of nitrogen functional groups attached to an aromatic ring is 1. The fourth-order valence-electron chi connectivity index (χ4n) is 3.94. The van der Waals surface area contributed by atoms with E-state index in [2.05, 4.69) is 21.9 Å². The number of carbonyl (C=O) groups is 3.